The lowest BCUT2D eigenvalue weighted by Gasteiger charge is -2.37. The molecule has 2 atom stereocenters. The fraction of sp³-hybridized carbons (Fsp3) is 0.333. The van der Waals surface area contributed by atoms with Crippen LogP contribution in [0, 0.1) is 0 Å². The molecule has 3 nitrogen and oxygen atoms in total. The Kier molecular flexibility index (Phi) is 3.81. The van der Waals surface area contributed by atoms with Crippen molar-refractivity contribution in [2.45, 2.75) is 38.8 Å². The van der Waals surface area contributed by atoms with Gasteiger partial charge in [0.05, 0.1) is 0 Å². The SMILES string of the molecule is CC(C)(C)N1[C@@H](c2ccccc2)OO[C@@H]1c1ccccc1. The number of rotatable bonds is 2. The van der Waals surface area contributed by atoms with Gasteiger partial charge in [-0.25, -0.2) is 14.7 Å². The molecular weight excluding hydrogens is 262 g/mol. The van der Waals surface area contributed by atoms with Crippen LogP contribution in [-0.4, -0.2) is 10.4 Å². The molecule has 2 aromatic carbocycles. The van der Waals surface area contributed by atoms with E-state index in [1.165, 1.54) is 0 Å². The third kappa shape index (κ3) is 2.86. The van der Waals surface area contributed by atoms with E-state index >= 15 is 0 Å². The van der Waals surface area contributed by atoms with Gasteiger partial charge in [-0.3, -0.25) is 0 Å². The maximum Gasteiger partial charge on any atom is 0.174 e. The van der Waals surface area contributed by atoms with Crippen molar-refractivity contribution in [3.63, 3.8) is 0 Å². The molecule has 1 saturated heterocycles. The number of hydrogen-bond acceptors (Lipinski definition) is 3. The van der Waals surface area contributed by atoms with Crippen LogP contribution in [0.4, 0.5) is 0 Å². The van der Waals surface area contributed by atoms with Gasteiger partial charge in [0.15, 0.2) is 12.5 Å². The van der Waals surface area contributed by atoms with Gasteiger partial charge in [-0.15, -0.1) is 0 Å². The highest BCUT2D eigenvalue weighted by Gasteiger charge is 2.44. The lowest BCUT2D eigenvalue weighted by molar-refractivity contribution is -0.300. The minimum Gasteiger partial charge on any atom is -0.234 e. The highest BCUT2D eigenvalue weighted by Crippen LogP contribution is 2.44. The summed E-state index contributed by atoms with van der Waals surface area (Å²) in [6, 6.07) is 20.4. The Morgan fingerprint density at radius 2 is 1.10 bits per heavy atom. The van der Waals surface area contributed by atoms with Gasteiger partial charge in [0.2, 0.25) is 0 Å². The molecule has 3 heteroatoms. The second-order valence-corrected chi connectivity index (χ2v) is 6.30. The molecule has 0 amide bonds. The van der Waals surface area contributed by atoms with Gasteiger partial charge in [-0.2, -0.15) is 0 Å². The second kappa shape index (κ2) is 5.60. The van der Waals surface area contributed by atoms with Crippen LogP contribution >= 0.6 is 0 Å². The van der Waals surface area contributed by atoms with Crippen molar-refractivity contribution < 1.29 is 9.78 Å². The van der Waals surface area contributed by atoms with E-state index in [4.69, 9.17) is 9.78 Å². The maximum absolute atomic E-state index is 5.67. The molecule has 0 N–H and O–H groups in total. The zero-order valence-corrected chi connectivity index (χ0v) is 12.7. The molecule has 1 aliphatic heterocycles. The van der Waals surface area contributed by atoms with E-state index in [1.807, 2.05) is 36.4 Å². The summed E-state index contributed by atoms with van der Waals surface area (Å²) < 4.78 is 0. The lowest BCUT2D eigenvalue weighted by atomic mass is 10.0. The summed E-state index contributed by atoms with van der Waals surface area (Å²) in [6.07, 6.45) is -0.396. The maximum atomic E-state index is 5.67. The van der Waals surface area contributed by atoms with E-state index in [1.54, 1.807) is 0 Å². The van der Waals surface area contributed by atoms with Crippen LogP contribution in [0.15, 0.2) is 60.7 Å². The average Bonchev–Trinajstić information content (AvgIpc) is 2.94. The van der Waals surface area contributed by atoms with Crippen LogP contribution in [0.2, 0.25) is 0 Å². The summed E-state index contributed by atoms with van der Waals surface area (Å²) in [7, 11) is 0. The largest absolute Gasteiger partial charge is 0.234 e. The van der Waals surface area contributed by atoms with E-state index in [9.17, 15) is 0 Å². The van der Waals surface area contributed by atoms with Gasteiger partial charge in [0, 0.05) is 5.54 Å². The molecule has 110 valence electrons. The Morgan fingerprint density at radius 1 is 0.714 bits per heavy atom. The standard InChI is InChI=1S/C18H21NO2/c1-18(2,3)19-16(14-10-6-4-7-11-14)20-21-17(19)15-12-8-5-9-13-15/h4-13,16-17H,1-3H3/t16-,17-/m1/s1. The van der Waals surface area contributed by atoms with Crippen molar-refractivity contribution in [2.75, 3.05) is 0 Å². The molecule has 0 radical (unpaired) electrons. The molecule has 2 aromatic rings. The zero-order valence-electron chi connectivity index (χ0n) is 12.7. The first-order chi connectivity index (χ1) is 10.1. The predicted molar refractivity (Wildman–Crippen MR) is 82.1 cm³/mol. The molecule has 0 saturated carbocycles. The van der Waals surface area contributed by atoms with Crippen molar-refractivity contribution in [3.05, 3.63) is 71.8 Å². The van der Waals surface area contributed by atoms with Gasteiger partial charge in [-0.05, 0) is 31.9 Å². The molecule has 0 aromatic heterocycles. The highest BCUT2D eigenvalue weighted by molar-refractivity contribution is 5.22. The van der Waals surface area contributed by atoms with E-state index in [-0.39, 0.29) is 18.0 Å². The van der Waals surface area contributed by atoms with E-state index in [2.05, 4.69) is 49.9 Å². The Balaban J connectivity index is 1.97. The smallest absolute Gasteiger partial charge is 0.174 e. The second-order valence-electron chi connectivity index (χ2n) is 6.30. The summed E-state index contributed by atoms with van der Waals surface area (Å²) in [6.45, 7) is 6.53. The van der Waals surface area contributed by atoms with Crippen molar-refractivity contribution in [2.24, 2.45) is 0 Å². The fourth-order valence-electron chi connectivity index (χ4n) is 2.69. The number of hydrogen-bond donors (Lipinski definition) is 0. The summed E-state index contributed by atoms with van der Waals surface area (Å²) in [5.41, 5.74) is 2.12. The van der Waals surface area contributed by atoms with Gasteiger partial charge in [0.1, 0.15) is 0 Å². The third-order valence-corrected chi connectivity index (χ3v) is 3.69. The molecule has 1 aliphatic rings. The summed E-state index contributed by atoms with van der Waals surface area (Å²) in [5.74, 6) is 0. The molecule has 21 heavy (non-hydrogen) atoms. The van der Waals surface area contributed by atoms with Gasteiger partial charge in [-0.1, -0.05) is 60.7 Å². The van der Waals surface area contributed by atoms with Crippen LogP contribution < -0.4 is 0 Å². The molecule has 3 rings (SSSR count). The van der Waals surface area contributed by atoms with E-state index < -0.39 is 0 Å². The molecule has 0 aliphatic carbocycles. The van der Waals surface area contributed by atoms with Crippen LogP contribution in [-0.2, 0) is 9.78 Å². The normalized spacial score (nSPS) is 23.4. The van der Waals surface area contributed by atoms with Crippen LogP contribution in [0.1, 0.15) is 44.4 Å². The predicted octanol–water partition coefficient (Wildman–Crippen LogP) is 4.45. The number of nitrogens with zero attached hydrogens (tertiary/aromatic N) is 1. The minimum atomic E-state index is -0.198. The summed E-state index contributed by atoms with van der Waals surface area (Å²) in [4.78, 5) is 13.6. The van der Waals surface area contributed by atoms with Crippen molar-refractivity contribution in [1.82, 2.24) is 4.90 Å². The Bertz CT molecular complexity index is 530. The van der Waals surface area contributed by atoms with Crippen LogP contribution in [0.25, 0.3) is 0 Å². The topological polar surface area (TPSA) is 21.7 Å². The molecule has 1 heterocycles. The fourth-order valence-corrected chi connectivity index (χ4v) is 2.69. The first kappa shape index (κ1) is 14.3. The number of benzene rings is 2. The Hall–Kier alpha value is -1.68. The first-order valence-electron chi connectivity index (χ1n) is 7.28. The van der Waals surface area contributed by atoms with Gasteiger partial charge < -0.3 is 0 Å². The lowest BCUT2D eigenvalue weighted by Crippen LogP contribution is -2.42. The van der Waals surface area contributed by atoms with Crippen molar-refractivity contribution >= 4 is 0 Å². The summed E-state index contributed by atoms with van der Waals surface area (Å²) >= 11 is 0. The Morgan fingerprint density at radius 3 is 1.43 bits per heavy atom. The van der Waals surface area contributed by atoms with E-state index in [0.29, 0.717) is 0 Å². The van der Waals surface area contributed by atoms with Crippen LogP contribution in [0.5, 0.6) is 0 Å². The molecular formula is C18H21NO2. The van der Waals surface area contributed by atoms with Crippen LogP contribution in [0.3, 0.4) is 0 Å². The van der Waals surface area contributed by atoms with Gasteiger partial charge in [0.25, 0.3) is 0 Å². The minimum absolute atomic E-state index is 0.0858. The molecule has 1 fully saturated rings. The third-order valence-electron chi connectivity index (χ3n) is 3.69. The quantitative estimate of drug-likeness (QED) is 0.760. The summed E-state index contributed by atoms with van der Waals surface area (Å²) in [5, 5.41) is 0. The van der Waals surface area contributed by atoms with E-state index in [0.717, 1.165) is 11.1 Å². The Labute approximate surface area is 126 Å². The molecule has 0 unspecified atom stereocenters. The van der Waals surface area contributed by atoms with Gasteiger partial charge >= 0.3 is 0 Å². The van der Waals surface area contributed by atoms with Crippen molar-refractivity contribution in [1.29, 1.82) is 0 Å². The van der Waals surface area contributed by atoms with Crippen molar-refractivity contribution in [3.8, 4) is 0 Å². The molecule has 0 spiro atoms. The first-order valence-corrected chi connectivity index (χ1v) is 7.28. The average molecular weight is 283 g/mol. The zero-order chi connectivity index (χ0) is 14.9. The molecule has 0 bridgehead atoms. The monoisotopic (exact) mass is 283 g/mol. The highest BCUT2D eigenvalue weighted by atomic mass is 17.2.